The number of piperazine rings is 1. The van der Waals surface area contributed by atoms with Crippen LogP contribution in [0.25, 0.3) is 0 Å². The molecule has 2 nitrogen and oxygen atoms in total. The van der Waals surface area contributed by atoms with Crippen LogP contribution in [0.2, 0.25) is 0 Å². The molecule has 0 amide bonds. The van der Waals surface area contributed by atoms with Crippen LogP contribution in [-0.4, -0.2) is 31.1 Å². The fraction of sp³-hybridized carbons (Fsp3) is 0.600. The molecule has 0 bridgehead atoms. The minimum atomic E-state index is -0.0343. The standard InChI is InChI=1S/C15H21FN2/c16-14-7-2-1-6-13(14)15(12-4-3-5-12)18-10-8-17-9-11-18/h1-2,6-7,12,15,17H,3-5,8-11H2/t15-/m0/s1. The molecule has 0 aromatic heterocycles. The molecule has 0 spiro atoms. The summed E-state index contributed by atoms with van der Waals surface area (Å²) in [7, 11) is 0. The molecule has 98 valence electrons. The van der Waals surface area contributed by atoms with Gasteiger partial charge in [-0.05, 0) is 24.8 Å². The second-order valence-electron chi connectivity index (χ2n) is 5.44. The van der Waals surface area contributed by atoms with E-state index in [1.165, 1.54) is 19.3 Å². The van der Waals surface area contributed by atoms with Crippen molar-refractivity contribution in [2.45, 2.75) is 25.3 Å². The van der Waals surface area contributed by atoms with Gasteiger partial charge in [0.05, 0.1) is 0 Å². The van der Waals surface area contributed by atoms with Gasteiger partial charge in [0.25, 0.3) is 0 Å². The summed E-state index contributed by atoms with van der Waals surface area (Å²) in [6.07, 6.45) is 3.81. The van der Waals surface area contributed by atoms with Crippen molar-refractivity contribution in [3.05, 3.63) is 35.6 Å². The Morgan fingerprint density at radius 3 is 2.50 bits per heavy atom. The van der Waals surface area contributed by atoms with Gasteiger partial charge >= 0.3 is 0 Å². The molecule has 2 aliphatic rings. The van der Waals surface area contributed by atoms with E-state index in [0.29, 0.717) is 12.0 Å². The average Bonchev–Trinajstić information content (AvgIpc) is 2.36. The van der Waals surface area contributed by atoms with Gasteiger partial charge in [-0.15, -0.1) is 0 Å². The predicted octanol–water partition coefficient (Wildman–Crippen LogP) is 2.57. The Kier molecular flexibility index (Phi) is 3.62. The van der Waals surface area contributed by atoms with Crippen molar-refractivity contribution < 1.29 is 4.39 Å². The number of nitrogens with one attached hydrogen (secondary N) is 1. The molecular formula is C15H21FN2. The van der Waals surface area contributed by atoms with Crippen LogP contribution in [0.3, 0.4) is 0 Å². The molecule has 18 heavy (non-hydrogen) atoms. The van der Waals surface area contributed by atoms with E-state index >= 15 is 0 Å². The van der Waals surface area contributed by atoms with Crippen molar-refractivity contribution in [1.29, 1.82) is 0 Å². The first-order valence-electron chi connectivity index (χ1n) is 7.05. The highest BCUT2D eigenvalue weighted by molar-refractivity contribution is 5.23. The van der Waals surface area contributed by atoms with Crippen LogP contribution in [0.15, 0.2) is 24.3 Å². The quantitative estimate of drug-likeness (QED) is 0.884. The number of rotatable bonds is 3. The van der Waals surface area contributed by atoms with Crippen LogP contribution >= 0.6 is 0 Å². The van der Waals surface area contributed by atoms with Gasteiger partial charge in [-0.2, -0.15) is 0 Å². The predicted molar refractivity (Wildman–Crippen MR) is 70.9 cm³/mol. The number of benzene rings is 1. The van der Waals surface area contributed by atoms with E-state index in [4.69, 9.17) is 0 Å². The zero-order valence-electron chi connectivity index (χ0n) is 10.7. The lowest BCUT2D eigenvalue weighted by Gasteiger charge is -2.43. The highest BCUT2D eigenvalue weighted by Gasteiger charge is 2.34. The smallest absolute Gasteiger partial charge is 0.127 e. The first-order valence-corrected chi connectivity index (χ1v) is 7.05. The lowest BCUT2D eigenvalue weighted by Crippen LogP contribution is -2.48. The molecule has 3 rings (SSSR count). The van der Waals surface area contributed by atoms with Crippen molar-refractivity contribution in [1.82, 2.24) is 10.2 Å². The summed E-state index contributed by atoms with van der Waals surface area (Å²) in [5, 5.41) is 3.38. The summed E-state index contributed by atoms with van der Waals surface area (Å²) >= 11 is 0. The Morgan fingerprint density at radius 1 is 1.17 bits per heavy atom. The lowest BCUT2D eigenvalue weighted by atomic mass is 9.76. The maximum absolute atomic E-state index is 14.1. The maximum Gasteiger partial charge on any atom is 0.127 e. The van der Waals surface area contributed by atoms with Gasteiger partial charge < -0.3 is 5.32 Å². The summed E-state index contributed by atoms with van der Waals surface area (Å²) in [5.74, 6) is 0.618. The summed E-state index contributed by atoms with van der Waals surface area (Å²) in [5.41, 5.74) is 0.907. The van der Waals surface area contributed by atoms with Crippen LogP contribution in [0.5, 0.6) is 0 Å². The Balaban J connectivity index is 1.87. The Hall–Kier alpha value is -0.930. The molecule has 1 saturated heterocycles. The summed E-state index contributed by atoms with van der Waals surface area (Å²) in [6, 6.07) is 7.62. The molecule has 3 heteroatoms. The van der Waals surface area contributed by atoms with E-state index in [-0.39, 0.29) is 5.82 Å². The molecule has 0 unspecified atom stereocenters. The number of nitrogens with zero attached hydrogens (tertiary/aromatic N) is 1. The lowest BCUT2D eigenvalue weighted by molar-refractivity contribution is 0.0812. The fourth-order valence-electron chi connectivity index (χ4n) is 3.18. The van der Waals surface area contributed by atoms with E-state index in [2.05, 4.69) is 10.2 Å². The van der Waals surface area contributed by atoms with Gasteiger partial charge in [0.15, 0.2) is 0 Å². The number of halogens is 1. The van der Waals surface area contributed by atoms with Gasteiger partial charge in [-0.3, -0.25) is 4.90 Å². The summed E-state index contributed by atoms with van der Waals surface area (Å²) in [4.78, 5) is 2.47. The molecule has 2 fully saturated rings. The van der Waals surface area contributed by atoms with Crippen molar-refractivity contribution in [2.75, 3.05) is 26.2 Å². The van der Waals surface area contributed by atoms with E-state index in [0.717, 1.165) is 31.7 Å². The molecule has 1 heterocycles. The van der Waals surface area contributed by atoms with Crippen molar-refractivity contribution in [3.8, 4) is 0 Å². The molecular weight excluding hydrogens is 227 g/mol. The highest BCUT2D eigenvalue weighted by atomic mass is 19.1. The maximum atomic E-state index is 14.1. The van der Waals surface area contributed by atoms with Gasteiger partial charge in [0.2, 0.25) is 0 Å². The van der Waals surface area contributed by atoms with Crippen LogP contribution < -0.4 is 5.32 Å². The monoisotopic (exact) mass is 248 g/mol. The molecule has 1 N–H and O–H groups in total. The zero-order chi connectivity index (χ0) is 12.4. The second kappa shape index (κ2) is 5.37. The third-order valence-electron chi connectivity index (χ3n) is 4.37. The fourth-order valence-corrected chi connectivity index (χ4v) is 3.18. The number of hydrogen-bond donors (Lipinski definition) is 1. The molecule has 1 atom stereocenters. The summed E-state index contributed by atoms with van der Waals surface area (Å²) in [6.45, 7) is 4.13. The van der Waals surface area contributed by atoms with Crippen molar-refractivity contribution in [2.24, 2.45) is 5.92 Å². The van der Waals surface area contributed by atoms with Gasteiger partial charge in [0.1, 0.15) is 5.82 Å². The normalized spacial score (nSPS) is 23.6. The van der Waals surface area contributed by atoms with Crippen molar-refractivity contribution in [3.63, 3.8) is 0 Å². The Labute approximate surface area is 108 Å². The molecule has 1 saturated carbocycles. The van der Waals surface area contributed by atoms with Gasteiger partial charge in [-0.1, -0.05) is 24.6 Å². The largest absolute Gasteiger partial charge is 0.314 e. The topological polar surface area (TPSA) is 15.3 Å². The minimum absolute atomic E-state index is 0.0343. The molecule has 1 aromatic carbocycles. The van der Waals surface area contributed by atoms with Crippen LogP contribution in [0.1, 0.15) is 30.9 Å². The highest BCUT2D eigenvalue weighted by Crippen LogP contribution is 2.42. The molecule has 0 radical (unpaired) electrons. The number of hydrogen-bond acceptors (Lipinski definition) is 2. The molecule has 1 aliphatic heterocycles. The zero-order valence-corrected chi connectivity index (χ0v) is 10.7. The second-order valence-corrected chi connectivity index (χ2v) is 5.44. The Morgan fingerprint density at radius 2 is 1.89 bits per heavy atom. The Bertz CT molecular complexity index is 397. The van der Waals surface area contributed by atoms with E-state index in [9.17, 15) is 4.39 Å². The third kappa shape index (κ3) is 2.29. The molecule has 1 aromatic rings. The van der Waals surface area contributed by atoms with Crippen LogP contribution in [-0.2, 0) is 0 Å². The van der Waals surface area contributed by atoms with Crippen molar-refractivity contribution >= 4 is 0 Å². The average molecular weight is 248 g/mol. The van der Waals surface area contributed by atoms with E-state index < -0.39 is 0 Å². The van der Waals surface area contributed by atoms with Crippen LogP contribution in [0, 0.1) is 11.7 Å². The first kappa shape index (κ1) is 12.1. The first-order chi connectivity index (χ1) is 8.86. The van der Waals surface area contributed by atoms with Gasteiger partial charge in [-0.25, -0.2) is 4.39 Å². The summed E-state index contributed by atoms with van der Waals surface area (Å²) < 4.78 is 14.1. The SMILES string of the molecule is Fc1ccccc1[C@H](C1CCC1)N1CCNCC1. The minimum Gasteiger partial charge on any atom is -0.314 e. The van der Waals surface area contributed by atoms with Gasteiger partial charge in [0, 0.05) is 37.8 Å². The van der Waals surface area contributed by atoms with E-state index in [1.54, 1.807) is 12.1 Å². The van der Waals surface area contributed by atoms with Crippen LogP contribution in [0.4, 0.5) is 4.39 Å². The van der Waals surface area contributed by atoms with E-state index in [1.807, 2.05) is 12.1 Å². The molecule has 1 aliphatic carbocycles. The third-order valence-corrected chi connectivity index (χ3v) is 4.37.